The smallest absolute Gasteiger partial charge is 0.121 e. The van der Waals surface area contributed by atoms with Crippen molar-refractivity contribution in [2.45, 2.75) is 40.4 Å². The van der Waals surface area contributed by atoms with Crippen LogP contribution in [-0.2, 0) is 32.9 Å². The van der Waals surface area contributed by atoms with Crippen LogP contribution in [-0.4, -0.2) is 9.97 Å². The third kappa shape index (κ3) is 8.68. The number of aryl methyl sites for hydroxylation is 1. The Morgan fingerprint density at radius 3 is 2.04 bits per heavy atom. The van der Waals surface area contributed by atoms with Crippen LogP contribution in [0.3, 0.4) is 0 Å². The van der Waals surface area contributed by atoms with Crippen molar-refractivity contribution in [1.29, 1.82) is 0 Å². The Labute approximate surface area is 347 Å². The number of benzene rings is 6. The van der Waals surface area contributed by atoms with Gasteiger partial charge in [-0.05, 0) is 75.2 Å². The minimum atomic E-state index is -2.28. The fourth-order valence-electron chi connectivity index (χ4n) is 6.57. The molecule has 0 aliphatic heterocycles. The first-order valence-corrected chi connectivity index (χ1v) is 17.9. The maximum atomic E-state index is 8.61. The molecule has 0 N–H and O–H groups in total. The van der Waals surface area contributed by atoms with Crippen LogP contribution in [0.2, 0.25) is 0 Å². The van der Waals surface area contributed by atoms with E-state index in [9.17, 15) is 0 Å². The fraction of sp³-hybridized carbons (Fsp3) is 0.137. The van der Waals surface area contributed by atoms with Crippen molar-refractivity contribution in [1.82, 2.24) is 9.97 Å². The molecule has 0 amide bonds. The summed E-state index contributed by atoms with van der Waals surface area (Å²) in [6, 6.07) is 51.1. The van der Waals surface area contributed by atoms with E-state index in [0.717, 1.165) is 38.5 Å². The molecule has 0 unspecified atom stereocenters. The van der Waals surface area contributed by atoms with Crippen molar-refractivity contribution in [3.05, 3.63) is 192 Å². The summed E-state index contributed by atoms with van der Waals surface area (Å²) in [7, 11) is 0. The first kappa shape index (κ1) is 29.7. The van der Waals surface area contributed by atoms with Gasteiger partial charge in [-0.25, -0.2) is 0 Å². The van der Waals surface area contributed by atoms with Gasteiger partial charge >= 0.3 is 0 Å². The first-order valence-electron chi connectivity index (χ1n) is 21.4. The van der Waals surface area contributed by atoms with E-state index < -0.39 is 25.0 Å². The van der Waals surface area contributed by atoms with E-state index in [0.29, 0.717) is 39.2 Å². The van der Waals surface area contributed by atoms with Crippen molar-refractivity contribution >= 4 is 32.7 Å². The molecule has 0 spiro atoms. The van der Waals surface area contributed by atoms with Crippen LogP contribution in [0, 0.1) is 24.4 Å². The largest absolute Gasteiger partial charge is 0.500 e. The predicted molar refractivity (Wildman–Crippen MR) is 224 cm³/mol. The molecule has 9 rings (SSSR count). The Kier molecular flexibility index (Phi) is 8.83. The van der Waals surface area contributed by atoms with E-state index in [1.807, 2.05) is 106 Å². The molecule has 0 atom stereocenters. The summed E-state index contributed by atoms with van der Waals surface area (Å²) in [4.78, 5) is 8.92. The standard InChI is InChI=1S/C26H22NO.C25H20N.Ir/c1-26(2,3)16-17-12-13-27-22(14-17)19-9-10-23-21(15-19)25-20-7-5-4-6-18(20)8-11-24(25)28-23;1-19-12-13-23(18-24(19)22-10-6-3-7-11-22)25-17-21(14-15-26-25)16-20-8-4-2-5-9-20;/h4-8,10-15H,16H2,1-3H3;2-12,14-15,17-18H,16H2,1H3;/q2*-1;/i16D2;1D3,16D2;. The molecular weight excluding hydrogens is 849 g/mol. The topological polar surface area (TPSA) is 38.9 Å². The molecule has 3 aromatic heterocycles. The molecule has 6 aromatic carbocycles. The molecule has 1 radical (unpaired) electrons. The SMILES string of the molecule is [2H]C([2H])([2H])c1c[c-]c(-c2cc(C([2H])([2H])c3ccccc3)ccn2)cc1-c1ccccc1.[2H]C([2H])(c1ccnc(-c2[c-]cc3oc4ccc5ccccc5c4c3c2)c1)C(C)(C)C.[Ir]. The summed E-state index contributed by atoms with van der Waals surface area (Å²) in [6.07, 6.45) is 0.0709. The van der Waals surface area contributed by atoms with Crippen LogP contribution >= 0.6 is 0 Å². The Balaban J connectivity index is 0.000000184. The maximum absolute atomic E-state index is 8.61. The van der Waals surface area contributed by atoms with Gasteiger partial charge in [0, 0.05) is 47.5 Å². The molecule has 4 heteroatoms. The summed E-state index contributed by atoms with van der Waals surface area (Å²) in [5.41, 5.74) is 7.02. The minimum absolute atomic E-state index is 0. The summed E-state index contributed by atoms with van der Waals surface area (Å²) in [5.74, 6) is 0. The average Bonchev–Trinajstić information content (AvgIpc) is 3.65. The van der Waals surface area contributed by atoms with Crippen molar-refractivity contribution in [2.75, 3.05) is 0 Å². The molecule has 0 saturated carbocycles. The molecular formula is C51H42IrN2O-2. The summed E-state index contributed by atoms with van der Waals surface area (Å²) in [6.45, 7) is 3.45. The van der Waals surface area contributed by atoms with Gasteiger partial charge in [0.2, 0.25) is 0 Å². The van der Waals surface area contributed by atoms with Gasteiger partial charge in [-0.15, -0.1) is 53.1 Å². The van der Waals surface area contributed by atoms with Gasteiger partial charge in [-0.3, -0.25) is 0 Å². The number of rotatable bonds is 6. The minimum Gasteiger partial charge on any atom is -0.500 e. The zero-order chi connectivity index (χ0) is 43.2. The second-order valence-electron chi connectivity index (χ2n) is 14.2. The van der Waals surface area contributed by atoms with Crippen molar-refractivity contribution in [3.8, 4) is 33.6 Å². The number of fused-ring (bicyclic) bond motifs is 5. The number of hydrogen-bond acceptors (Lipinski definition) is 3. The second kappa shape index (κ2) is 16.4. The molecule has 0 bridgehead atoms. The van der Waals surface area contributed by atoms with Crippen LogP contribution in [0.15, 0.2) is 162 Å². The fourth-order valence-corrected chi connectivity index (χ4v) is 6.57. The van der Waals surface area contributed by atoms with Gasteiger partial charge < -0.3 is 14.4 Å². The zero-order valence-electron chi connectivity index (χ0n) is 37.6. The summed E-state index contributed by atoms with van der Waals surface area (Å²) in [5, 5.41) is 4.42. The monoisotopic (exact) mass is 898 g/mol. The Morgan fingerprint density at radius 1 is 0.636 bits per heavy atom. The molecule has 0 fully saturated rings. The van der Waals surface area contributed by atoms with Gasteiger partial charge in [-0.1, -0.05) is 147 Å². The maximum Gasteiger partial charge on any atom is 0.121 e. The quantitative estimate of drug-likeness (QED) is 0.156. The number of aromatic nitrogens is 2. The Hall–Kier alpha value is -5.67. The molecule has 3 nitrogen and oxygen atoms in total. The van der Waals surface area contributed by atoms with Crippen LogP contribution in [0.25, 0.3) is 66.4 Å². The molecule has 55 heavy (non-hydrogen) atoms. The molecule has 9 aromatic rings. The Bertz CT molecular complexity index is 3010. The molecule has 273 valence electrons. The predicted octanol–water partition coefficient (Wildman–Crippen LogP) is 13.3. The van der Waals surface area contributed by atoms with Crippen LogP contribution in [0.1, 0.15) is 52.6 Å². The van der Waals surface area contributed by atoms with Crippen molar-refractivity contribution < 1.29 is 34.1 Å². The number of pyridine rings is 2. The number of hydrogen-bond donors (Lipinski definition) is 0. The van der Waals surface area contributed by atoms with Gasteiger partial charge in [0.1, 0.15) is 5.58 Å². The van der Waals surface area contributed by atoms with Gasteiger partial charge in [0.05, 0.1) is 5.58 Å². The van der Waals surface area contributed by atoms with E-state index in [1.54, 1.807) is 48.8 Å². The molecule has 3 heterocycles. The second-order valence-corrected chi connectivity index (χ2v) is 14.2. The van der Waals surface area contributed by atoms with Crippen LogP contribution < -0.4 is 0 Å². The van der Waals surface area contributed by atoms with E-state index in [-0.39, 0.29) is 25.7 Å². The van der Waals surface area contributed by atoms with E-state index in [2.05, 4.69) is 40.3 Å². The molecule has 0 saturated heterocycles. The summed E-state index contributed by atoms with van der Waals surface area (Å²) < 4.78 is 64.2. The third-order valence-electron chi connectivity index (χ3n) is 8.98. The molecule has 0 aliphatic carbocycles. The number of nitrogens with zero attached hydrogens (tertiary/aromatic N) is 2. The number of furan rings is 1. The Morgan fingerprint density at radius 2 is 1.29 bits per heavy atom. The van der Waals surface area contributed by atoms with E-state index in [4.69, 9.17) is 14.0 Å². The van der Waals surface area contributed by atoms with Crippen molar-refractivity contribution in [3.63, 3.8) is 0 Å². The summed E-state index contributed by atoms with van der Waals surface area (Å²) >= 11 is 0. The zero-order valence-corrected chi connectivity index (χ0v) is 33.0. The van der Waals surface area contributed by atoms with Gasteiger partial charge in [-0.2, -0.15) is 0 Å². The third-order valence-corrected chi connectivity index (χ3v) is 8.98. The van der Waals surface area contributed by atoms with Gasteiger partial charge in [0.25, 0.3) is 0 Å². The van der Waals surface area contributed by atoms with Gasteiger partial charge in [0.15, 0.2) is 0 Å². The van der Waals surface area contributed by atoms with Crippen LogP contribution in [0.5, 0.6) is 0 Å². The molecule has 0 aliphatic rings. The van der Waals surface area contributed by atoms with Crippen molar-refractivity contribution in [2.24, 2.45) is 5.41 Å². The normalized spacial score (nSPS) is 13.9. The van der Waals surface area contributed by atoms with E-state index in [1.165, 1.54) is 11.5 Å². The first-order chi connectivity index (χ1) is 29.0. The van der Waals surface area contributed by atoms with Crippen LogP contribution in [0.4, 0.5) is 0 Å². The van der Waals surface area contributed by atoms with E-state index >= 15 is 0 Å². The average molecular weight is 898 g/mol.